The molecule has 1 aliphatic rings. The average Bonchev–Trinajstić information content (AvgIpc) is 2.48. The standard InChI is InChI=1S/C14H21FN4O/c15-12-3-5-13(6-4-12)19-10-8-18(9-11-19)7-1-2-14(20)17-16/h3-6H,1-2,7-11,16H2,(H,17,20). The van der Waals surface area contributed by atoms with Crippen molar-refractivity contribution < 1.29 is 9.18 Å². The summed E-state index contributed by atoms with van der Waals surface area (Å²) in [6.07, 6.45) is 1.29. The minimum absolute atomic E-state index is 0.116. The Morgan fingerprint density at radius 3 is 2.45 bits per heavy atom. The molecule has 2 rings (SSSR count). The molecule has 1 heterocycles. The van der Waals surface area contributed by atoms with Crippen LogP contribution in [-0.2, 0) is 4.79 Å². The highest BCUT2D eigenvalue weighted by atomic mass is 19.1. The first-order valence-corrected chi connectivity index (χ1v) is 6.91. The summed E-state index contributed by atoms with van der Waals surface area (Å²) in [6, 6.07) is 6.62. The first-order valence-electron chi connectivity index (χ1n) is 6.91. The molecule has 1 amide bonds. The third kappa shape index (κ3) is 4.18. The Kier molecular flexibility index (Phi) is 5.31. The molecule has 0 aromatic heterocycles. The molecule has 1 fully saturated rings. The van der Waals surface area contributed by atoms with Crippen LogP contribution in [0.3, 0.4) is 0 Å². The molecular formula is C14H21FN4O. The summed E-state index contributed by atoms with van der Waals surface area (Å²) in [7, 11) is 0. The van der Waals surface area contributed by atoms with Gasteiger partial charge < -0.3 is 4.90 Å². The Balaban J connectivity index is 1.72. The number of nitrogens with two attached hydrogens (primary N) is 1. The van der Waals surface area contributed by atoms with E-state index in [0.29, 0.717) is 6.42 Å². The molecule has 0 aliphatic carbocycles. The van der Waals surface area contributed by atoms with Gasteiger partial charge in [0.25, 0.3) is 0 Å². The Morgan fingerprint density at radius 2 is 1.85 bits per heavy atom. The second-order valence-corrected chi connectivity index (χ2v) is 4.98. The van der Waals surface area contributed by atoms with E-state index in [-0.39, 0.29) is 11.7 Å². The van der Waals surface area contributed by atoms with E-state index in [9.17, 15) is 9.18 Å². The lowest BCUT2D eigenvalue weighted by atomic mass is 10.2. The molecule has 110 valence electrons. The van der Waals surface area contributed by atoms with Crippen LogP contribution in [0.5, 0.6) is 0 Å². The third-order valence-corrected chi connectivity index (χ3v) is 3.60. The fraction of sp³-hybridized carbons (Fsp3) is 0.500. The summed E-state index contributed by atoms with van der Waals surface area (Å²) in [4.78, 5) is 15.6. The van der Waals surface area contributed by atoms with Gasteiger partial charge in [-0.05, 0) is 37.2 Å². The molecule has 0 atom stereocenters. The fourth-order valence-electron chi connectivity index (χ4n) is 2.42. The van der Waals surface area contributed by atoms with Gasteiger partial charge in [-0.15, -0.1) is 0 Å². The number of hydrazine groups is 1. The molecule has 1 aromatic rings. The van der Waals surface area contributed by atoms with Crippen LogP contribution < -0.4 is 16.2 Å². The molecule has 1 aromatic carbocycles. The Bertz CT molecular complexity index is 429. The van der Waals surface area contributed by atoms with E-state index < -0.39 is 0 Å². The van der Waals surface area contributed by atoms with Crippen LogP contribution in [-0.4, -0.2) is 43.5 Å². The molecule has 1 saturated heterocycles. The number of benzene rings is 1. The van der Waals surface area contributed by atoms with Crippen LogP contribution in [0.2, 0.25) is 0 Å². The number of hydrogen-bond donors (Lipinski definition) is 2. The van der Waals surface area contributed by atoms with Crippen molar-refractivity contribution >= 4 is 11.6 Å². The van der Waals surface area contributed by atoms with Crippen molar-refractivity contribution in [3.05, 3.63) is 30.1 Å². The van der Waals surface area contributed by atoms with Crippen molar-refractivity contribution in [2.24, 2.45) is 5.84 Å². The lowest BCUT2D eigenvalue weighted by Gasteiger charge is -2.36. The van der Waals surface area contributed by atoms with Crippen molar-refractivity contribution in [2.45, 2.75) is 12.8 Å². The van der Waals surface area contributed by atoms with Crippen molar-refractivity contribution in [3.8, 4) is 0 Å². The first kappa shape index (κ1) is 14.7. The summed E-state index contributed by atoms with van der Waals surface area (Å²) in [6.45, 7) is 4.68. The number of halogens is 1. The largest absolute Gasteiger partial charge is 0.369 e. The van der Waals surface area contributed by atoms with Gasteiger partial charge in [0.05, 0.1) is 0 Å². The maximum atomic E-state index is 12.9. The molecule has 3 N–H and O–H groups in total. The topological polar surface area (TPSA) is 61.6 Å². The quantitative estimate of drug-likeness (QED) is 0.474. The smallest absolute Gasteiger partial charge is 0.233 e. The van der Waals surface area contributed by atoms with E-state index in [4.69, 9.17) is 5.84 Å². The molecule has 0 spiro atoms. The Morgan fingerprint density at radius 1 is 1.20 bits per heavy atom. The summed E-state index contributed by atoms with van der Waals surface area (Å²) in [5.74, 6) is 4.72. The van der Waals surface area contributed by atoms with Crippen LogP contribution in [0.15, 0.2) is 24.3 Å². The van der Waals surface area contributed by atoms with Crippen molar-refractivity contribution in [3.63, 3.8) is 0 Å². The zero-order valence-corrected chi connectivity index (χ0v) is 11.5. The summed E-state index contributed by atoms with van der Waals surface area (Å²) in [5, 5.41) is 0. The Hall–Kier alpha value is -1.66. The van der Waals surface area contributed by atoms with Crippen molar-refractivity contribution in [1.82, 2.24) is 10.3 Å². The lowest BCUT2D eigenvalue weighted by molar-refractivity contribution is -0.121. The zero-order chi connectivity index (χ0) is 14.4. The predicted octanol–water partition coefficient (Wildman–Crippen LogP) is 0.718. The van der Waals surface area contributed by atoms with Gasteiger partial charge >= 0.3 is 0 Å². The van der Waals surface area contributed by atoms with Crippen molar-refractivity contribution in [1.29, 1.82) is 0 Å². The molecule has 0 unspecified atom stereocenters. The minimum Gasteiger partial charge on any atom is -0.369 e. The highest BCUT2D eigenvalue weighted by Crippen LogP contribution is 2.16. The molecular weight excluding hydrogens is 259 g/mol. The molecule has 5 nitrogen and oxygen atoms in total. The molecule has 20 heavy (non-hydrogen) atoms. The Labute approximate surface area is 118 Å². The summed E-state index contributed by atoms with van der Waals surface area (Å²) < 4.78 is 12.9. The monoisotopic (exact) mass is 280 g/mol. The zero-order valence-electron chi connectivity index (χ0n) is 11.5. The van der Waals surface area contributed by atoms with Gasteiger partial charge in [-0.2, -0.15) is 0 Å². The molecule has 6 heteroatoms. The van der Waals surface area contributed by atoms with Crippen LogP contribution >= 0.6 is 0 Å². The van der Waals surface area contributed by atoms with Crippen molar-refractivity contribution in [2.75, 3.05) is 37.6 Å². The second-order valence-electron chi connectivity index (χ2n) is 4.98. The van der Waals surface area contributed by atoms with Gasteiger partial charge in [-0.1, -0.05) is 0 Å². The highest BCUT2D eigenvalue weighted by molar-refractivity contribution is 5.75. The van der Waals surface area contributed by atoms with Gasteiger partial charge in [0.15, 0.2) is 0 Å². The van der Waals surface area contributed by atoms with E-state index in [1.54, 1.807) is 0 Å². The maximum absolute atomic E-state index is 12.9. The number of piperazine rings is 1. The summed E-state index contributed by atoms with van der Waals surface area (Å²) >= 11 is 0. The molecule has 0 saturated carbocycles. The predicted molar refractivity (Wildman–Crippen MR) is 76.6 cm³/mol. The minimum atomic E-state index is -0.203. The molecule has 1 aliphatic heterocycles. The van der Waals surface area contributed by atoms with E-state index >= 15 is 0 Å². The van der Waals surface area contributed by atoms with Gasteiger partial charge in [0.2, 0.25) is 5.91 Å². The number of carbonyl (C=O) groups excluding carboxylic acids is 1. The van der Waals surface area contributed by atoms with Gasteiger partial charge in [0.1, 0.15) is 5.82 Å². The lowest BCUT2D eigenvalue weighted by Crippen LogP contribution is -2.46. The van der Waals surface area contributed by atoms with Crippen LogP contribution in [0.4, 0.5) is 10.1 Å². The van der Waals surface area contributed by atoms with Gasteiger partial charge in [-0.3, -0.25) is 15.1 Å². The SMILES string of the molecule is NNC(=O)CCCN1CCN(c2ccc(F)cc2)CC1. The van der Waals surface area contributed by atoms with E-state index in [1.807, 2.05) is 12.1 Å². The second kappa shape index (κ2) is 7.21. The highest BCUT2D eigenvalue weighted by Gasteiger charge is 2.16. The number of rotatable bonds is 5. The summed E-state index contributed by atoms with van der Waals surface area (Å²) in [5.41, 5.74) is 3.20. The third-order valence-electron chi connectivity index (χ3n) is 3.60. The van der Waals surface area contributed by atoms with Crippen LogP contribution in [0.25, 0.3) is 0 Å². The maximum Gasteiger partial charge on any atom is 0.233 e. The first-order chi connectivity index (χ1) is 9.69. The van der Waals surface area contributed by atoms with Gasteiger partial charge in [-0.25, -0.2) is 10.2 Å². The average molecular weight is 280 g/mol. The van der Waals surface area contributed by atoms with Crippen LogP contribution in [0, 0.1) is 5.82 Å². The normalized spacial score (nSPS) is 16.2. The van der Waals surface area contributed by atoms with E-state index in [1.165, 1.54) is 12.1 Å². The van der Waals surface area contributed by atoms with E-state index in [0.717, 1.165) is 44.8 Å². The molecule has 0 radical (unpaired) electrons. The number of amides is 1. The fourth-order valence-corrected chi connectivity index (χ4v) is 2.42. The number of hydrogen-bond acceptors (Lipinski definition) is 4. The van der Waals surface area contributed by atoms with Crippen LogP contribution in [0.1, 0.15) is 12.8 Å². The van der Waals surface area contributed by atoms with E-state index in [2.05, 4.69) is 15.2 Å². The number of carbonyl (C=O) groups is 1. The number of anilines is 1. The van der Waals surface area contributed by atoms with Gasteiger partial charge in [0, 0.05) is 38.3 Å². The number of nitrogens with zero attached hydrogens (tertiary/aromatic N) is 2. The number of nitrogens with one attached hydrogen (secondary N) is 1. The molecule has 0 bridgehead atoms.